The van der Waals surface area contributed by atoms with Crippen LogP contribution < -0.4 is 10.6 Å². The summed E-state index contributed by atoms with van der Waals surface area (Å²) in [6.07, 6.45) is -2.75. The summed E-state index contributed by atoms with van der Waals surface area (Å²) in [4.78, 5) is 11.4. The second kappa shape index (κ2) is 7.38. The largest absolute Gasteiger partial charge is 0.418 e. The molecule has 1 amide bonds. The molecule has 0 spiro atoms. The number of unbranched alkanes of at least 4 members (excludes halogenated alkanes) is 1. The van der Waals surface area contributed by atoms with E-state index < -0.39 is 11.7 Å². The van der Waals surface area contributed by atoms with E-state index in [1.54, 1.807) is 0 Å². The molecule has 0 aliphatic heterocycles. The zero-order valence-electron chi connectivity index (χ0n) is 11.0. The highest BCUT2D eigenvalue weighted by molar-refractivity contribution is 6.30. The zero-order valence-corrected chi connectivity index (χ0v) is 11.7. The van der Waals surface area contributed by atoms with Gasteiger partial charge in [-0.2, -0.15) is 13.2 Å². The van der Waals surface area contributed by atoms with Gasteiger partial charge in [0.15, 0.2) is 0 Å². The summed E-state index contributed by atoms with van der Waals surface area (Å²) in [5, 5.41) is 5.09. The van der Waals surface area contributed by atoms with Gasteiger partial charge in [0, 0.05) is 17.3 Å². The molecule has 7 heteroatoms. The summed E-state index contributed by atoms with van der Waals surface area (Å²) in [5.74, 6) is -0.346. The van der Waals surface area contributed by atoms with Crippen LogP contribution in [0, 0.1) is 0 Å². The molecule has 1 rings (SSSR count). The monoisotopic (exact) mass is 308 g/mol. The predicted molar refractivity (Wildman–Crippen MR) is 72.9 cm³/mol. The maximum Gasteiger partial charge on any atom is 0.418 e. The van der Waals surface area contributed by atoms with E-state index in [1.807, 2.05) is 6.92 Å². The first-order valence-corrected chi connectivity index (χ1v) is 6.59. The molecule has 20 heavy (non-hydrogen) atoms. The van der Waals surface area contributed by atoms with Gasteiger partial charge in [0.2, 0.25) is 5.91 Å². The van der Waals surface area contributed by atoms with Crippen LogP contribution in [0.1, 0.15) is 25.3 Å². The molecular formula is C13H16ClF3N2O. The molecule has 0 heterocycles. The molecule has 0 aliphatic carbocycles. The van der Waals surface area contributed by atoms with Crippen molar-refractivity contribution in [1.82, 2.24) is 5.32 Å². The zero-order chi connectivity index (χ0) is 15.2. The summed E-state index contributed by atoms with van der Waals surface area (Å²) >= 11 is 5.56. The minimum atomic E-state index is -4.52. The molecule has 0 saturated heterocycles. The van der Waals surface area contributed by atoms with E-state index in [4.69, 9.17) is 11.6 Å². The number of hydrogen-bond donors (Lipinski definition) is 2. The predicted octanol–water partition coefficient (Wildman–Crippen LogP) is 3.69. The quantitative estimate of drug-likeness (QED) is 0.787. The Morgan fingerprint density at radius 2 is 2.05 bits per heavy atom. The van der Waals surface area contributed by atoms with Crippen molar-refractivity contribution in [2.45, 2.75) is 25.9 Å². The van der Waals surface area contributed by atoms with Crippen molar-refractivity contribution >= 4 is 23.2 Å². The molecule has 0 aromatic heterocycles. The number of anilines is 1. The van der Waals surface area contributed by atoms with Crippen molar-refractivity contribution in [2.75, 3.05) is 18.4 Å². The minimum Gasteiger partial charge on any atom is -0.376 e. The lowest BCUT2D eigenvalue weighted by Gasteiger charge is -2.14. The van der Waals surface area contributed by atoms with E-state index in [9.17, 15) is 18.0 Å². The summed E-state index contributed by atoms with van der Waals surface area (Å²) in [7, 11) is 0. The average molecular weight is 309 g/mol. The fourth-order valence-corrected chi connectivity index (χ4v) is 1.72. The van der Waals surface area contributed by atoms with Crippen LogP contribution in [-0.2, 0) is 11.0 Å². The fourth-order valence-electron chi connectivity index (χ4n) is 1.55. The van der Waals surface area contributed by atoms with Crippen molar-refractivity contribution in [3.05, 3.63) is 28.8 Å². The Hall–Kier alpha value is -1.43. The Balaban J connectivity index is 2.66. The second-order valence-corrected chi connectivity index (χ2v) is 4.68. The maximum absolute atomic E-state index is 12.8. The lowest BCUT2D eigenvalue weighted by molar-refractivity contribution is -0.137. The summed E-state index contributed by atoms with van der Waals surface area (Å²) < 4.78 is 38.4. The molecule has 2 N–H and O–H groups in total. The molecule has 0 unspecified atom stereocenters. The average Bonchev–Trinajstić information content (AvgIpc) is 2.36. The molecule has 0 fully saturated rings. The van der Waals surface area contributed by atoms with E-state index >= 15 is 0 Å². The topological polar surface area (TPSA) is 41.1 Å². The van der Waals surface area contributed by atoms with Crippen LogP contribution in [0.2, 0.25) is 5.02 Å². The van der Waals surface area contributed by atoms with E-state index in [-0.39, 0.29) is 23.2 Å². The first kappa shape index (κ1) is 16.6. The van der Waals surface area contributed by atoms with Gasteiger partial charge in [-0.3, -0.25) is 4.79 Å². The van der Waals surface area contributed by atoms with Crippen LogP contribution in [0.5, 0.6) is 0 Å². The number of halogens is 4. The highest BCUT2D eigenvalue weighted by Gasteiger charge is 2.33. The number of carbonyl (C=O) groups is 1. The third-order valence-electron chi connectivity index (χ3n) is 2.58. The van der Waals surface area contributed by atoms with E-state index in [0.717, 1.165) is 18.9 Å². The molecule has 0 saturated carbocycles. The van der Waals surface area contributed by atoms with Crippen molar-refractivity contribution in [1.29, 1.82) is 0 Å². The maximum atomic E-state index is 12.8. The second-order valence-electron chi connectivity index (χ2n) is 4.24. The lowest BCUT2D eigenvalue weighted by atomic mass is 10.1. The number of nitrogens with one attached hydrogen (secondary N) is 2. The Labute approximate surface area is 120 Å². The number of benzene rings is 1. The minimum absolute atomic E-state index is 0.00438. The molecule has 112 valence electrons. The Kier molecular flexibility index (Phi) is 6.13. The number of rotatable bonds is 6. The van der Waals surface area contributed by atoms with Gasteiger partial charge in [0.05, 0.1) is 12.1 Å². The highest BCUT2D eigenvalue weighted by atomic mass is 35.5. The molecule has 1 aromatic rings. The van der Waals surface area contributed by atoms with Crippen LogP contribution >= 0.6 is 11.6 Å². The van der Waals surface area contributed by atoms with Crippen molar-refractivity contribution < 1.29 is 18.0 Å². The molecule has 0 aliphatic rings. The SMILES string of the molecule is CCCCNC(=O)CNc1ccc(Cl)cc1C(F)(F)F. The number of carbonyl (C=O) groups excluding carboxylic acids is 1. The summed E-state index contributed by atoms with van der Waals surface area (Å²) in [5.41, 5.74) is -1.04. The van der Waals surface area contributed by atoms with Crippen LogP contribution in [0.25, 0.3) is 0 Å². The third kappa shape index (κ3) is 5.28. The fraction of sp³-hybridized carbons (Fsp3) is 0.462. The van der Waals surface area contributed by atoms with Crippen molar-refractivity contribution in [2.24, 2.45) is 0 Å². The molecule has 0 atom stereocenters. The molecule has 1 aromatic carbocycles. The third-order valence-corrected chi connectivity index (χ3v) is 2.81. The van der Waals surface area contributed by atoms with E-state index in [1.165, 1.54) is 12.1 Å². The first-order valence-electron chi connectivity index (χ1n) is 6.22. The highest BCUT2D eigenvalue weighted by Crippen LogP contribution is 2.36. The van der Waals surface area contributed by atoms with Crippen LogP contribution in [0.15, 0.2) is 18.2 Å². The Morgan fingerprint density at radius 3 is 2.65 bits per heavy atom. The van der Waals surface area contributed by atoms with Crippen LogP contribution in [-0.4, -0.2) is 19.0 Å². The molecular weight excluding hydrogens is 293 g/mol. The van der Waals surface area contributed by atoms with Gasteiger partial charge in [0.1, 0.15) is 0 Å². The van der Waals surface area contributed by atoms with Crippen molar-refractivity contribution in [3.8, 4) is 0 Å². The first-order chi connectivity index (χ1) is 9.34. The standard InChI is InChI=1S/C13H16ClF3N2O/c1-2-3-6-18-12(20)8-19-11-5-4-9(14)7-10(11)13(15,16)17/h4-5,7,19H,2-3,6,8H2,1H3,(H,18,20). The molecule has 0 radical (unpaired) electrons. The molecule has 3 nitrogen and oxygen atoms in total. The van der Waals surface area contributed by atoms with Gasteiger partial charge in [-0.05, 0) is 24.6 Å². The molecule has 0 bridgehead atoms. The summed E-state index contributed by atoms with van der Waals surface area (Å²) in [6, 6.07) is 3.39. The van der Waals surface area contributed by atoms with Gasteiger partial charge in [-0.15, -0.1) is 0 Å². The van der Waals surface area contributed by atoms with Gasteiger partial charge in [-0.1, -0.05) is 24.9 Å². The van der Waals surface area contributed by atoms with E-state index in [2.05, 4.69) is 10.6 Å². The number of hydrogen-bond acceptors (Lipinski definition) is 2. The Morgan fingerprint density at radius 1 is 1.35 bits per heavy atom. The van der Waals surface area contributed by atoms with Gasteiger partial charge in [-0.25, -0.2) is 0 Å². The smallest absolute Gasteiger partial charge is 0.376 e. The normalized spacial score (nSPS) is 11.2. The van der Waals surface area contributed by atoms with Crippen LogP contribution in [0.3, 0.4) is 0 Å². The summed E-state index contributed by atoms with van der Waals surface area (Å²) in [6.45, 7) is 2.28. The van der Waals surface area contributed by atoms with Gasteiger partial charge >= 0.3 is 6.18 Å². The van der Waals surface area contributed by atoms with Crippen molar-refractivity contribution in [3.63, 3.8) is 0 Å². The van der Waals surface area contributed by atoms with E-state index in [0.29, 0.717) is 6.54 Å². The van der Waals surface area contributed by atoms with Crippen LogP contribution in [0.4, 0.5) is 18.9 Å². The number of amides is 1. The lowest BCUT2D eigenvalue weighted by Crippen LogP contribution is -2.31. The Bertz CT molecular complexity index is 463. The van der Waals surface area contributed by atoms with Gasteiger partial charge in [0.25, 0.3) is 0 Å². The van der Waals surface area contributed by atoms with Gasteiger partial charge < -0.3 is 10.6 Å². The number of alkyl halides is 3.